The van der Waals surface area contributed by atoms with Crippen molar-refractivity contribution in [3.63, 3.8) is 0 Å². The first-order chi connectivity index (χ1) is 8.19. The molecule has 92 valence electrons. The van der Waals surface area contributed by atoms with Crippen molar-refractivity contribution < 1.29 is 14.3 Å². The number of methoxy groups -OCH3 is 1. The molecule has 1 aromatic rings. The number of ether oxygens (including phenoxy) is 2. The van der Waals surface area contributed by atoms with Crippen molar-refractivity contribution in [3.05, 3.63) is 34.9 Å². The first kappa shape index (κ1) is 13.6. The van der Waals surface area contributed by atoms with Crippen LogP contribution in [0.3, 0.4) is 0 Å². The molecule has 0 N–H and O–H groups in total. The first-order valence-corrected chi connectivity index (χ1v) is 5.74. The van der Waals surface area contributed by atoms with Gasteiger partial charge in [0, 0.05) is 6.08 Å². The highest BCUT2D eigenvalue weighted by Crippen LogP contribution is 2.29. The Morgan fingerprint density at radius 3 is 2.88 bits per heavy atom. The second-order valence-electron chi connectivity index (χ2n) is 3.36. The van der Waals surface area contributed by atoms with Crippen LogP contribution in [0.5, 0.6) is 5.75 Å². The topological polar surface area (TPSA) is 35.5 Å². The number of hydrogen-bond donors (Lipinski definition) is 0. The van der Waals surface area contributed by atoms with Crippen LogP contribution in [0, 0.1) is 0 Å². The monoisotopic (exact) mass is 254 g/mol. The predicted molar refractivity (Wildman–Crippen MR) is 68.3 cm³/mol. The SMILES string of the molecule is CCCOc1cccc(/C=C/C(=O)OC)c1Cl. The summed E-state index contributed by atoms with van der Waals surface area (Å²) in [6.07, 6.45) is 3.84. The molecule has 0 heterocycles. The highest BCUT2D eigenvalue weighted by atomic mass is 35.5. The molecular formula is C13H15ClO3. The quantitative estimate of drug-likeness (QED) is 0.597. The lowest BCUT2D eigenvalue weighted by molar-refractivity contribution is -0.134. The summed E-state index contributed by atoms with van der Waals surface area (Å²) in [5.41, 5.74) is 0.727. The van der Waals surface area contributed by atoms with Gasteiger partial charge in [-0.3, -0.25) is 0 Å². The number of carbonyl (C=O) groups excluding carboxylic acids is 1. The molecule has 0 amide bonds. The molecular weight excluding hydrogens is 240 g/mol. The Morgan fingerprint density at radius 1 is 1.47 bits per heavy atom. The van der Waals surface area contributed by atoms with Gasteiger partial charge in [0.05, 0.1) is 18.7 Å². The number of rotatable bonds is 5. The van der Waals surface area contributed by atoms with E-state index in [1.807, 2.05) is 13.0 Å². The van der Waals surface area contributed by atoms with Crippen LogP contribution in [0.15, 0.2) is 24.3 Å². The van der Waals surface area contributed by atoms with Gasteiger partial charge in [0.15, 0.2) is 0 Å². The maximum absolute atomic E-state index is 11.0. The Labute approximate surface area is 106 Å². The molecule has 0 bridgehead atoms. The third-order valence-corrected chi connectivity index (χ3v) is 2.46. The summed E-state index contributed by atoms with van der Waals surface area (Å²) in [4.78, 5) is 11.0. The lowest BCUT2D eigenvalue weighted by Gasteiger charge is -2.08. The lowest BCUT2D eigenvalue weighted by atomic mass is 10.2. The minimum atomic E-state index is -0.416. The van der Waals surface area contributed by atoms with E-state index in [0.29, 0.717) is 17.4 Å². The fourth-order valence-corrected chi connectivity index (χ4v) is 1.45. The van der Waals surface area contributed by atoms with Gasteiger partial charge in [0.2, 0.25) is 0 Å². The van der Waals surface area contributed by atoms with E-state index in [-0.39, 0.29) is 0 Å². The van der Waals surface area contributed by atoms with E-state index in [2.05, 4.69) is 4.74 Å². The van der Waals surface area contributed by atoms with Gasteiger partial charge in [-0.15, -0.1) is 0 Å². The van der Waals surface area contributed by atoms with Crippen LogP contribution in [0.4, 0.5) is 0 Å². The molecule has 0 radical (unpaired) electrons. The highest BCUT2D eigenvalue weighted by Gasteiger charge is 2.05. The standard InChI is InChI=1S/C13H15ClO3/c1-3-9-17-11-6-4-5-10(13(11)14)7-8-12(15)16-2/h4-8H,3,9H2,1-2H3/b8-7+. The summed E-state index contributed by atoms with van der Waals surface area (Å²) in [5.74, 6) is 0.210. The minimum absolute atomic E-state index is 0.416. The Bertz CT molecular complexity index is 413. The minimum Gasteiger partial charge on any atom is -0.492 e. The molecule has 1 aromatic carbocycles. The maximum atomic E-state index is 11.0. The molecule has 0 aromatic heterocycles. The Hall–Kier alpha value is -1.48. The predicted octanol–water partition coefficient (Wildman–Crippen LogP) is 3.32. The summed E-state index contributed by atoms with van der Waals surface area (Å²) >= 11 is 6.14. The number of esters is 1. The zero-order chi connectivity index (χ0) is 12.7. The second kappa shape index (κ2) is 6.97. The number of hydrogen-bond acceptors (Lipinski definition) is 3. The van der Waals surface area contributed by atoms with Crippen molar-refractivity contribution in [1.82, 2.24) is 0 Å². The van der Waals surface area contributed by atoms with E-state index in [1.165, 1.54) is 13.2 Å². The molecule has 17 heavy (non-hydrogen) atoms. The van der Waals surface area contributed by atoms with Crippen LogP contribution < -0.4 is 4.74 Å². The molecule has 0 atom stereocenters. The van der Waals surface area contributed by atoms with Gasteiger partial charge in [0.1, 0.15) is 5.75 Å². The van der Waals surface area contributed by atoms with Crippen molar-refractivity contribution in [3.8, 4) is 5.75 Å². The van der Waals surface area contributed by atoms with Crippen LogP contribution in [0.1, 0.15) is 18.9 Å². The van der Waals surface area contributed by atoms with Crippen LogP contribution in [0.25, 0.3) is 6.08 Å². The Kier molecular flexibility index (Phi) is 5.57. The summed E-state index contributed by atoms with van der Waals surface area (Å²) in [6.45, 7) is 2.64. The molecule has 3 nitrogen and oxygen atoms in total. The van der Waals surface area contributed by atoms with Gasteiger partial charge in [0.25, 0.3) is 0 Å². The number of benzene rings is 1. The van der Waals surface area contributed by atoms with E-state index in [9.17, 15) is 4.79 Å². The van der Waals surface area contributed by atoms with Crippen LogP contribution >= 0.6 is 11.6 Å². The molecule has 0 spiro atoms. The summed E-state index contributed by atoms with van der Waals surface area (Å²) < 4.78 is 9.98. The Morgan fingerprint density at radius 2 is 2.24 bits per heavy atom. The molecule has 0 aliphatic rings. The average Bonchev–Trinajstić information content (AvgIpc) is 2.35. The van der Waals surface area contributed by atoms with Crippen molar-refractivity contribution in [2.75, 3.05) is 13.7 Å². The molecule has 0 aliphatic carbocycles. The van der Waals surface area contributed by atoms with Gasteiger partial charge in [-0.1, -0.05) is 30.7 Å². The smallest absolute Gasteiger partial charge is 0.330 e. The third kappa shape index (κ3) is 4.11. The number of halogens is 1. The maximum Gasteiger partial charge on any atom is 0.330 e. The van der Waals surface area contributed by atoms with E-state index in [4.69, 9.17) is 16.3 Å². The van der Waals surface area contributed by atoms with Gasteiger partial charge >= 0.3 is 5.97 Å². The van der Waals surface area contributed by atoms with Crippen LogP contribution in [-0.4, -0.2) is 19.7 Å². The van der Waals surface area contributed by atoms with Gasteiger partial charge in [-0.2, -0.15) is 0 Å². The Balaban J connectivity index is 2.86. The first-order valence-electron chi connectivity index (χ1n) is 5.36. The van der Waals surface area contributed by atoms with Gasteiger partial charge in [-0.25, -0.2) is 4.79 Å². The molecule has 0 aliphatic heterocycles. The van der Waals surface area contributed by atoms with E-state index >= 15 is 0 Å². The fourth-order valence-electron chi connectivity index (χ4n) is 1.21. The zero-order valence-electron chi connectivity index (χ0n) is 9.90. The molecule has 0 saturated carbocycles. The normalized spacial score (nSPS) is 10.5. The molecule has 4 heteroatoms. The van der Waals surface area contributed by atoms with E-state index in [0.717, 1.165) is 12.0 Å². The van der Waals surface area contributed by atoms with Crippen molar-refractivity contribution in [1.29, 1.82) is 0 Å². The highest BCUT2D eigenvalue weighted by molar-refractivity contribution is 6.33. The van der Waals surface area contributed by atoms with Crippen molar-refractivity contribution >= 4 is 23.6 Å². The molecule has 0 saturated heterocycles. The summed E-state index contributed by atoms with van der Waals surface area (Å²) in [5, 5.41) is 0.501. The van der Waals surface area contributed by atoms with Gasteiger partial charge in [-0.05, 0) is 24.1 Å². The molecule has 0 unspecified atom stereocenters. The largest absolute Gasteiger partial charge is 0.492 e. The second-order valence-corrected chi connectivity index (χ2v) is 3.74. The fraction of sp³-hybridized carbons (Fsp3) is 0.308. The van der Waals surface area contributed by atoms with Crippen LogP contribution in [0.2, 0.25) is 5.02 Å². The number of carbonyl (C=O) groups is 1. The zero-order valence-corrected chi connectivity index (χ0v) is 10.7. The van der Waals surface area contributed by atoms with Crippen molar-refractivity contribution in [2.24, 2.45) is 0 Å². The van der Waals surface area contributed by atoms with E-state index in [1.54, 1.807) is 18.2 Å². The molecule has 0 fully saturated rings. The third-order valence-electron chi connectivity index (χ3n) is 2.06. The summed E-state index contributed by atoms with van der Waals surface area (Å²) in [6, 6.07) is 5.43. The summed E-state index contributed by atoms with van der Waals surface area (Å²) in [7, 11) is 1.33. The van der Waals surface area contributed by atoms with Gasteiger partial charge < -0.3 is 9.47 Å². The van der Waals surface area contributed by atoms with Crippen molar-refractivity contribution in [2.45, 2.75) is 13.3 Å². The lowest BCUT2D eigenvalue weighted by Crippen LogP contribution is -1.96. The van der Waals surface area contributed by atoms with E-state index < -0.39 is 5.97 Å². The van der Waals surface area contributed by atoms with Crippen LogP contribution in [-0.2, 0) is 9.53 Å². The molecule has 1 rings (SSSR count). The average molecular weight is 255 g/mol.